The molecule has 0 radical (unpaired) electrons. The van der Waals surface area contributed by atoms with Gasteiger partial charge in [-0.15, -0.1) is 0 Å². The van der Waals surface area contributed by atoms with Crippen LogP contribution in [0.4, 0.5) is 0 Å². The second kappa shape index (κ2) is 5.78. The summed E-state index contributed by atoms with van der Waals surface area (Å²) in [6, 6.07) is 1.89. The molecule has 2 saturated heterocycles. The number of aryl methyl sites for hydroxylation is 2. The minimum absolute atomic E-state index is 0.0911. The topological polar surface area (TPSA) is 45.6 Å². The van der Waals surface area contributed by atoms with Gasteiger partial charge in [-0.3, -0.25) is 9.59 Å². The highest BCUT2D eigenvalue weighted by Gasteiger charge is 2.52. The average molecular weight is 317 g/mol. The number of amides is 1. The van der Waals surface area contributed by atoms with E-state index in [0.717, 1.165) is 38.2 Å². The normalized spacial score (nSPS) is 19.8. The Kier molecular flexibility index (Phi) is 4.08. The predicted octanol–water partition coefficient (Wildman–Crippen LogP) is 1.59. The monoisotopic (exact) mass is 317 g/mol. The summed E-state index contributed by atoms with van der Waals surface area (Å²) in [6.45, 7) is 10.5. The van der Waals surface area contributed by atoms with Crippen LogP contribution in [-0.4, -0.2) is 53.5 Å². The quantitative estimate of drug-likeness (QED) is 0.847. The van der Waals surface area contributed by atoms with Crippen LogP contribution < -0.4 is 5.56 Å². The third-order valence-electron chi connectivity index (χ3n) is 5.09. The lowest BCUT2D eigenvalue weighted by atomic mass is 9.73. The fraction of sp³-hybridized carbons (Fsp3) is 0.667. The van der Waals surface area contributed by atoms with Crippen molar-refractivity contribution in [1.82, 2.24) is 14.4 Å². The maximum atomic E-state index is 12.8. The summed E-state index contributed by atoms with van der Waals surface area (Å²) in [4.78, 5) is 29.6. The van der Waals surface area contributed by atoms with Gasteiger partial charge in [-0.25, -0.2) is 0 Å². The minimum Gasteiger partial charge on any atom is -0.337 e. The molecule has 23 heavy (non-hydrogen) atoms. The number of rotatable bonds is 4. The largest absolute Gasteiger partial charge is 0.337 e. The lowest BCUT2D eigenvalue weighted by molar-refractivity contribution is -0.0872. The number of likely N-dealkylation sites (tertiary alicyclic amines) is 2. The zero-order chi connectivity index (χ0) is 16.8. The zero-order valence-corrected chi connectivity index (χ0v) is 14.6. The second-order valence-corrected chi connectivity index (χ2v) is 7.89. The predicted molar refractivity (Wildman–Crippen MR) is 90.7 cm³/mol. The molecule has 0 aromatic carbocycles. The summed E-state index contributed by atoms with van der Waals surface area (Å²) in [5.74, 6) is 0.444. The molecule has 2 fully saturated rings. The number of hydrogen-bond donors (Lipinski definition) is 0. The molecule has 5 heteroatoms. The van der Waals surface area contributed by atoms with Gasteiger partial charge in [0.1, 0.15) is 5.56 Å². The number of nitrogens with zero attached hydrogens (tertiary/aromatic N) is 3. The molecule has 1 aromatic rings. The van der Waals surface area contributed by atoms with Gasteiger partial charge in [0.25, 0.3) is 11.5 Å². The van der Waals surface area contributed by atoms with E-state index in [1.165, 1.54) is 0 Å². The number of carbonyl (C=O) groups is 1. The van der Waals surface area contributed by atoms with Gasteiger partial charge >= 0.3 is 0 Å². The van der Waals surface area contributed by atoms with Crippen molar-refractivity contribution in [3.05, 3.63) is 33.7 Å². The van der Waals surface area contributed by atoms with E-state index in [9.17, 15) is 9.59 Å². The molecule has 0 bridgehead atoms. The molecule has 0 aliphatic carbocycles. The molecule has 1 aromatic heterocycles. The van der Waals surface area contributed by atoms with E-state index in [1.54, 1.807) is 4.57 Å². The highest BCUT2D eigenvalue weighted by Crippen LogP contribution is 2.39. The molecule has 2 aliphatic heterocycles. The van der Waals surface area contributed by atoms with Gasteiger partial charge in [0.15, 0.2) is 0 Å². The van der Waals surface area contributed by atoms with Crippen LogP contribution in [0, 0.1) is 18.3 Å². The van der Waals surface area contributed by atoms with Gasteiger partial charge in [0.05, 0.1) is 0 Å². The van der Waals surface area contributed by atoms with Crippen molar-refractivity contribution < 1.29 is 4.79 Å². The lowest BCUT2D eigenvalue weighted by Gasteiger charge is -2.59. The molecule has 1 amide bonds. The maximum Gasteiger partial charge on any atom is 0.263 e. The van der Waals surface area contributed by atoms with Crippen molar-refractivity contribution in [3.63, 3.8) is 0 Å². The molecular formula is C18H27N3O2. The molecule has 0 unspecified atom stereocenters. The third-order valence-corrected chi connectivity index (χ3v) is 5.09. The minimum atomic E-state index is -0.137. The molecule has 126 valence electrons. The van der Waals surface area contributed by atoms with Crippen molar-refractivity contribution in [2.75, 3.05) is 33.2 Å². The smallest absolute Gasteiger partial charge is 0.263 e. The maximum absolute atomic E-state index is 12.8. The van der Waals surface area contributed by atoms with Gasteiger partial charge < -0.3 is 14.4 Å². The van der Waals surface area contributed by atoms with Crippen LogP contribution >= 0.6 is 0 Å². The Morgan fingerprint density at radius 2 is 1.91 bits per heavy atom. The third kappa shape index (κ3) is 2.94. The Labute approximate surface area is 137 Å². The number of hydrogen-bond acceptors (Lipinski definition) is 3. The van der Waals surface area contributed by atoms with Crippen molar-refractivity contribution in [3.8, 4) is 0 Å². The summed E-state index contributed by atoms with van der Waals surface area (Å²) in [5.41, 5.74) is 1.30. The summed E-state index contributed by atoms with van der Waals surface area (Å²) >= 11 is 0. The Bertz CT molecular complexity index is 663. The fourth-order valence-corrected chi connectivity index (χ4v) is 3.86. The van der Waals surface area contributed by atoms with Gasteiger partial charge in [0, 0.05) is 44.3 Å². The molecule has 3 rings (SSSR count). The van der Waals surface area contributed by atoms with Crippen molar-refractivity contribution in [1.29, 1.82) is 0 Å². The molecule has 3 heterocycles. The van der Waals surface area contributed by atoms with Crippen molar-refractivity contribution in [2.24, 2.45) is 11.3 Å². The Morgan fingerprint density at radius 1 is 1.26 bits per heavy atom. The first kappa shape index (κ1) is 16.2. The first-order valence-corrected chi connectivity index (χ1v) is 8.49. The van der Waals surface area contributed by atoms with Crippen LogP contribution in [0.2, 0.25) is 0 Å². The SMILES string of the molecule is Cc1ccn(CCC(C)C)c(=O)c1C(=O)N1CC2(CN(C)C2)C1. The van der Waals surface area contributed by atoms with E-state index in [4.69, 9.17) is 0 Å². The van der Waals surface area contributed by atoms with E-state index >= 15 is 0 Å². The molecule has 1 spiro atoms. The molecule has 2 aliphatic rings. The van der Waals surface area contributed by atoms with E-state index < -0.39 is 0 Å². The van der Waals surface area contributed by atoms with Crippen LogP contribution in [0.3, 0.4) is 0 Å². The van der Waals surface area contributed by atoms with Crippen molar-refractivity contribution >= 4 is 5.91 Å². The second-order valence-electron chi connectivity index (χ2n) is 7.89. The Morgan fingerprint density at radius 3 is 2.48 bits per heavy atom. The number of pyridine rings is 1. The molecule has 0 saturated carbocycles. The first-order chi connectivity index (χ1) is 10.8. The van der Waals surface area contributed by atoms with Gasteiger partial charge in [-0.05, 0) is 37.9 Å². The van der Waals surface area contributed by atoms with Crippen LogP contribution in [0.25, 0.3) is 0 Å². The van der Waals surface area contributed by atoms with Crippen LogP contribution in [0.5, 0.6) is 0 Å². The summed E-state index contributed by atoms with van der Waals surface area (Å²) in [7, 11) is 2.10. The zero-order valence-electron chi connectivity index (χ0n) is 14.6. The van der Waals surface area contributed by atoms with Crippen LogP contribution in [-0.2, 0) is 6.54 Å². The first-order valence-electron chi connectivity index (χ1n) is 8.49. The van der Waals surface area contributed by atoms with E-state index in [1.807, 2.05) is 24.1 Å². The van der Waals surface area contributed by atoms with Gasteiger partial charge in [0.2, 0.25) is 0 Å². The summed E-state index contributed by atoms with van der Waals surface area (Å²) in [6.07, 6.45) is 2.76. The van der Waals surface area contributed by atoms with E-state index in [2.05, 4.69) is 25.8 Å². The van der Waals surface area contributed by atoms with E-state index in [-0.39, 0.29) is 11.5 Å². The average Bonchev–Trinajstić information content (AvgIpc) is 2.40. The summed E-state index contributed by atoms with van der Waals surface area (Å²) in [5, 5.41) is 0. The number of aromatic nitrogens is 1. The highest BCUT2D eigenvalue weighted by molar-refractivity contribution is 5.95. The summed E-state index contributed by atoms with van der Waals surface area (Å²) < 4.78 is 1.69. The molecule has 5 nitrogen and oxygen atoms in total. The van der Waals surface area contributed by atoms with Crippen LogP contribution in [0.1, 0.15) is 36.2 Å². The number of carbonyl (C=O) groups excluding carboxylic acids is 1. The Balaban J connectivity index is 1.75. The highest BCUT2D eigenvalue weighted by atomic mass is 16.2. The molecular weight excluding hydrogens is 290 g/mol. The van der Waals surface area contributed by atoms with Crippen molar-refractivity contribution in [2.45, 2.75) is 33.7 Å². The Hall–Kier alpha value is -1.62. The van der Waals surface area contributed by atoms with E-state index in [0.29, 0.717) is 23.4 Å². The van der Waals surface area contributed by atoms with Crippen LogP contribution in [0.15, 0.2) is 17.1 Å². The van der Waals surface area contributed by atoms with Gasteiger partial charge in [-0.2, -0.15) is 0 Å². The fourth-order valence-electron chi connectivity index (χ4n) is 3.86. The molecule has 0 N–H and O–H groups in total. The lowest BCUT2D eigenvalue weighted by Crippen LogP contribution is -2.72. The standard InChI is InChI=1S/C18H27N3O2/c1-13(2)5-7-20-8-6-14(3)15(16(20)22)17(23)21-11-18(12-21)9-19(4)10-18/h6,8,13H,5,7,9-12H2,1-4H3. The molecule has 0 atom stereocenters. The van der Waals surface area contributed by atoms with Gasteiger partial charge in [-0.1, -0.05) is 13.8 Å².